The van der Waals surface area contributed by atoms with E-state index < -0.39 is 0 Å². The summed E-state index contributed by atoms with van der Waals surface area (Å²) in [6.07, 6.45) is 4.36. The summed E-state index contributed by atoms with van der Waals surface area (Å²) < 4.78 is 6.71. The number of para-hydroxylation sites is 2. The van der Waals surface area contributed by atoms with Gasteiger partial charge in [-0.3, -0.25) is 9.59 Å². The molecule has 0 aliphatic carbocycles. The third-order valence-corrected chi connectivity index (χ3v) is 5.97. The lowest BCUT2D eigenvalue weighted by Gasteiger charge is -2.22. The number of benzene rings is 3. The zero-order valence-electron chi connectivity index (χ0n) is 19.7. The van der Waals surface area contributed by atoms with Crippen molar-refractivity contribution in [1.29, 1.82) is 0 Å². The lowest BCUT2D eigenvalue weighted by molar-refractivity contribution is 0.0989. The van der Waals surface area contributed by atoms with Gasteiger partial charge in [0.1, 0.15) is 5.75 Å². The Hall–Kier alpha value is -3.12. The first-order valence-electron chi connectivity index (χ1n) is 11.7. The fourth-order valence-electron chi connectivity index (χ4n) is 3.68. The van der Waals surface area contributed by atoms with Gasteiger partial charge in [0, 0.05) is 16.7 Å². The number of nitrogens with one attached hydrogen (secondary N) is 1. The Bertz CT molecular complexity index is 1100. The van der Waals surface area contributed by atoms with Crippen molar-refractivity contribution in [2.45, 2.75) is 39.5 Å². The van der Waals surface area contributed by atoms with E-state index >= 15 is 0 Å². The first-order valence-corrected chi connectivity index (χ1v) is 12.5. The predicted molar refractivity (Wildman–Crippen MR) is 142 cm³/mol. The zero-order chi connectivity index (χ0) is 24.3. The molecule has 0 heterocycles. The summed E-state index contributed by atoms with van der Waals surface area (Å²) >= 11 is 3.45. The fourth-order valence-corrected chi connectivity index (χ4v) is 4.04. The predicted octanol–water partition coefficient (Wildman–Crippen LogP) is 7.33. The molecule has 0 radical (unpaired) electrons. The zero-order valence-corrected chi connectivity index (χ0v) is 21.3. The van der Waals surface area contributed by atoms with Crippen LogP contribution in [0.5, 0.6) is 5.75 Å². The number of nitrogens with zero attached hydrogens (tertiary/aromatic N) is 1. The Kier molecular flexibility index (Phi) is 9.71. The van der Waals surface area contributed by atoms with Gasteiger partial charge in [0.2, 0.25) is 0 Å². The van der Waals surface area contributed by atoms with Crippen LogP contribution >= 0.6 is 15.9 Å². The molecule has 0 aliphatic heterocycles. The number of carbonyl (C=O) groups is 2. The second kappa shape index (κ2) is 12.9. The van der Waals surface area contributed by atoms with Crippen LogP contribution in [0.4, 0.5) is 11.4 Å². The highest BCUT2D eigenvalue weighted by atomic mass is 79.9. The number of anilines is 2. The number of halogens is 1. The smallest absolute Gasteiger partial charge is 0.260 e. The van der Waals surface area contributed by atoms with E-state index in [0.29, 0.717) is 35.7 Å². The molecule has 0 fully saturated rings. The van der Waals surface area contributed by atoms with Gasteiger partial charge in [-0.1, -0.05) is 72.4 Å². The molecule has 3 aromatic rings. The maximum atomic E-state index is 13.4. The normalized spacial score (nSPS) is 10.6. The van der Waals surface area contributed by atoms with Crippen molar-refractivity contribution in [2.24, 2.45) is 0 Å². The summed E-state index contributed by atoms with van der Waals surface area (Å²) in [5, 5.41) is 2.93. The van der Waals surface area contributed by atoms with E-state index in [1.165, 1.54) is 6.42 Å². The number of amides is 2. The lowest BCUT2D eigenvalue weighted by Crippen LogP contribution is -2.31. The van der Waals surface area contributed by atoms with Crippen LogP contribution < -0.4 is 15.0 Å². The lowest BCUT2D eigenvalue weighted by atomic mass is 10.1. The van der Waals surface area contributed by atoms with Crippen LogP contribution in [0.15, 0.2) is 77.3 Å². The SMILES string of the molecule is CCCCCCOc1ccc(Br)cc1C(=O)Nc1ccccc1C(=O)N(CC)c1ccccc1. The van der Waals surface area contributed by atoms with E-state index in [0.717, 1.165) is 29.4 Å². The van der Waals surface area contributed by atoms with Crippen LogP contribution in [0, 0.1) is 0 Å². The summed E-state index contributed by atoms with van der Waals surface area (Å²) in [4.78, 5) is 28.4. The van der Waals surface area contributed by atoms with Gasteiger partial charge in [0.15, 0.2) is 0 Å². The standard InChI is InChI=1S/C28H31BrN2O3/c1-3-5-6-12-19-34-26-18-17-21(29)20-24(26)27(32)30-25-16-11-10-15-23(25)28(33)31(4-2)22-13-8-7-9-14-22/h7-11,13-18,20H,3-6,12,19H2,1-2H3,(H,30,32). The van der Waals surface area contributed by atoms with Gasteiger partial charge >= 0.3 is 0 Å². The van der Waals surface area contributed by atoms with Gasteiger partial charge in [0.25, 0.3) is 11.8 Å². The molecule has 3 rings (SSSR count). The summed E-state index contributed by atoms with van der Waals surface area (Å²) in [6, 6.07) is 22.0. The van der Waals surface area contributed by atoms with Crippen molar-refractivity contribution in [3.8, 4) is 5.75 Å². The summed E-state index contributed by atoms with van der Waals surface area (Å²) in [6.45, 7) is 5.16. The van der Waals surface area contributed by atoms with Gasteiger partial charge in [0.05, 0.1) is 23.4 Å². The minimum absolute atomic E-state index is 0.175. The maximum Gasteiger partial charge on any atom is 0.260 e. The van der Waals surface area contributed by atoms with E-state index in [4.69, 9.17) is 4.74 Å². The van der Waals surface area contributed by atoms with E-state index in [1.54, 1.807) is 41.3 Å². The molecular formula is C28H31BrN2O3. The minimum atomic E-state index is -0.326. The summed E-state index contributed by atoms with van der Waals surface area (Å²) in [5.41, 5.74) is 2.11. The topological polar surface area (TPSA) is 58.6 Å². The van der Waals surface area contributed by atoms with Crippen LogP contribution in [0.25, 0.3) is 0 Å². The van der Waals surface area contributed by atoms with Crippen molar-refractivity contribution < 1.29 is 14.3 Å². The number of ether oxygens (including phenoxy) is 1. The molecule has 0 aliphatic rings. The first kappa shape index (κ1) is 25.5. The third-order valence-electron chi connectivity index (χ3n) is 5.48. The monoisotopic (exact) mass is 522 g/mol. The van der Waals surface area contributed by atoms with Crippen LogP contribution in [-0.2, 0) is 0 Å². The quantitative estimate of drug-likeness (QED) is 0.268. The molecule has 6 heteroatoms. The van der Waals surface area contributed by atoms with E-state index in [-0.39, 0.29) is 11.8 Å². The Morgan fingerprint density at radius 3 is 2.35 bits per heavy atom. The molecule has 5 nitrogen and oxygen atoms in total. The van der Waals surface area contributed by atoms with Crippen molar-refractivity contribution in [3.05, 3.63) is 88.4 Å². The fraction of sp³-hybridized carbons (Fsp3) is 0.286. The number of carbonyl (C=O) groups excluding carboxylic acids is 2. The van der Waals surface area contributed by atoms with Crippen LogP contribution in [0.2, 0.25) is 0 Å². The number of hydrogen-bond donors (Lipinski definition) is 1. The van der Waals surface area contributed by atoms with Crippen LogP contribution in [0.3, 0.4) is 0 Å². The Labute approximate surface area is 210 Å². The molecule has 2 amide bonds. The Morgan fingerprint density at radius 2 is 1.62 bits per heavy atom. The second-order valence-electron chi connectivity index (χ2n) is 7.93. The molecule has 178 valence electrons. The third kappa shape index (κ3) is 6.70. The van der Waals surface area contributed by atoms with Gasteiger partial charge in [-0.05, 0) is 55.8 Å². The van der Waals surface area contributed by atoms with E-state index in [1.807, 2.05) is 43.3 Å². The number of hydrogen-bond acceptors (Lipinski definition) is 3. The van der Waals surface area contributed by atoms with E-state index in [9.17, 15) is 9.59 Å². The Balaban J connectivity index is 1.81. The summed E-state index contributed by atoms with van der Waals surface area (Å²) in [7, 11) is 0. The molecule has 0 saturated carbocycles. The van der Waals surface area contributed by atoms with E-state index in [2.05, 4.69) is 28.2 Å². The Morgan fingerprint density at radius 1 is 0.882 bits per heavy atom. The van der Waals surface area contributed by atoms with Gasteiger partial charge in [-0.25, -0.2) is 0 Å². The molecular weight excluding hydrogens is 492 g/mol. The highest BCUT2D eigenvalue weighted by molar-refractivity contribution is 9.10. The van der Waals surface area contributed by atoms with Crippen molar-refractivity contribution in [2.75, 3.05) is 23.4 Å². The van der Waals surface area contributed by atoms with Gasteiger partial charge in [-0.2, -0.15) is 0 Å². The first-order chi connectivity index (χ1) is 16.5. The van der Waals surface area contributed by atoms with Crippen molar-refractivity contribution in [1.82, 2.24) is 0 Å². The molecule has 0 spiro atoms. The van der Waals surface area contributed by atoms with Gasteiger partial charge < -0.3 is 15.0 Å². The van der Waals surface area contributed by atoms with Gasteiger partial charge in [-0.15, -0.1) is 0 Å². The van der Waals surface area contributed by atoms with Crippen LogP contribution in [0.1, 0.15) is 60.2 Å². The average molecular weight is 523 g/mol. The summed E-state index contributed by atoms with van der Waals surface area (Å²) in [5.74, 6) is 0.0274. The number of rotatable bonds is 11. The van der Waals surface area contributed by atoms with Crippen molar-refractivity contribution in [3.63, 3.8) is 0 Å². The largest absolute Gasteiger partial charge is 0.493 e. The molecule has 3 aromatic carbocycles. The minimum Gasteiger partial charge on any atom is -0.493 e. The maximum absolute atomic E-state index is 13.4. The number of unbranched alkanes of at least 4 members (excludes halogenated alkanes) is 3. The average Bonchev–Trinajstić information content (AvgIpc) is 2.86. The van der Waals surface area contributed by atoms with Crippen molar-refractivity contribution >= 4 is 39.1 Å². The highest BCUT2D eigenvalue weighted by Gasteiger charge is 2.21. The highest BCUT2D eigenvalue weighted by Crippen LogP contribution is 2.27. The molecule has 0 bridgehead atoms. The molecule has 0 atom stereocenters. The molecule has 0 aromatic heterocycles. The molecule has 34 heavy (non-hydrogen) atoms. The van der Waals surface area contributed by atoms with Crippen LogP contribution in [-0.4, -0.2) is 25.0 Å². The molecule has 1 N–H and O–H groups in total. The molecule has 0 unspecified atom stereocenters. The molecule has 0 saturated heterocycles. The second-order valence-corrected chi connectivity index (χ2v) is 8.85.